The summed E-state index contributed by atoms with van der Waals surface area (Å²) in [4.78, 5) is 11.0. The molecule has 0 saturated carbocycles. The number of anilines is 1. The van der Waals surface area contributed by atoms with Gasteiger partial charge < -0.3 is 10.6 Å². The molecule has 0 aliphatic rings. The number of carbonyl (C=O) groups excluding carboxylic acids is 1. The maximum Gasteiger partial charge on any atom is 0.471 e. The molecule has 1 amide bonds. The van der Waals surface area contributed by atoms with Crippen LogP contribution in [0.15, 0.2) is 48.5 Å². The first-order valence-electron chi connectivity index (χ1n) is 7.22. The van der Waals surface area contributed by atoms with Crippen LogP contribution in [0.25, 0.3) is 0 Å². The van der Waals surface area contributed by atoms with Crippen LogP contribution in [0.4, 0.5) is 18.9 Å². The van der Waals surface area contributed by atoms with Crippen LogP contribution < -0.4 is 10.6 Å². The summed E-state index contributed by atoms with van der Waals surface area (Å²) in [6.45, 7) is 2.36. The predicted molar refractivity (Wildman–Crippen MR) is 87.8 cm³/mol. The molecule has 24 heavy (non-hydrogen) atoms. The average Bonchev–Trinajstić information content (AvgIpc) is 2.52. The van der Waals surface area contributed by atoms with E-state index in [1.807, 2.05) is 30.4 Å². The number of rotatable bonds is 5. The number of halogens is 4. The van der Waals surface area contributed by atoms with Crippen molar-refractivity contribution in [1.29, 1.82) is 0 Å². The fourth-order valence-electron chi connectivity index (χ4n) is 2.17. The van der Waals surface area contributed by atoms with E-state index in [1.54, 1.807) is 18.2 Å². The third kappa shape index (κ3) is 4.97. The van der Waals surface area contributed by atoms with Gasteiger partial charge in [-0.3, -0.25) is 4.79 Å². The fraction of sp³-hybridized carbons (Fsp3) is 0.235. The molecular weight excluding hydrogens is 341 g/mol. The van der Waals surface area contributed by atoms with Gasteiger partial charge in [-0.1, -0.05) is 41.9 Å². The summed E-state index contributed by atoms with van der Waals surface area (Å²) in [6, 6.07) is 13.6. The molecule has 0 aliphatic carbocycles. The number of benzene rings is 2. The van der Waals surface area contributed by atoms with Gasteiger partial charge in [0.1, 0.15) is 0 Å². The highest BCUT2D eigenvalue weighted by Gasteiger charge is 2.38. The maximum absolute atomic E-state index is 12.3. The molecule has 3 nitrogen and oxygen atoms in total. The number of carbonyl (C=O) groups is 1. The highest BCUT2D eigenvalue weighted by molar-refractivity contribution is 6.31. The molecule has 1 unspecified atom stereocenters. The van der Waals surface area contributed by atoms with Crippen molar-refractivity contribution in [1.82, 2.24) is 5.32 Å². The molecule has 0 saturated heterocycles. The number of hydrogen-bond donors (Lipinski definition) is 2. The number of nitrogens with one attached hydrogen (secondary N) is 2. The van der Waals surface area contributed by atoms with E-state index in [-0.39, 0.29) is 11.7 Å². The van der Waals surface area contributed by atoms with Crippen molar-refractivity contribution in [2.45, 2.75) is 25.7 Å². The first-order valence-corrected chi connectivity index (χ1v) is 7.60. The van der Waals surface area contributed by atoms with E-state index >= 15 is 0 Å². The standard InChI is InChI=1S/C17H16ClF3N2O/c1-11(14-7-2-3-8-15(14)18)22-10-12-5-4-6-13(9-12)23-16(24)17(19,20)21/h2-9,11,22H,10H2,1H3,(H,23,24). The van der Waals surface area contributed by atoms with Gasteiger partial charge in [-0.15, -0.1) is 0 Å². The Hall–Kier alpha value is -2.05. The molecule has 0 heterocycles. The summed E-state index contributed by atoms with van der Waals surface area (Å²) >= 11 is 6.13. The summed E-state index contributed by atoms with van der Waals surface area (Å²) < 4.78 is 36.8. The molecule has 2 aromatic rings. The lowest BCUT2D eigenvalue weighted by atomic mass is 10.1. The minimum Gasteiger partial charge on any atom is -0.318 e. The van der Waals surface area contributed by atoms with Crippen molar-refractivity contribution in [3.05, 3.63) is 64.7 Å². The van der Waals surface area contributed by atoms with E-state index in [1.165, 1.54) is 12.1 Å². The Labute approximate surface area is 142 Å². The first-order chi connectivity index (χ1) is 11.3. The van der Waals surface area contributed by atoms with Crippen molar-refractivity contribution in [2.24, 2.45) is 0 Å². The predicted octanol–water partition coefficient (Wildman–Crippen LogP) is 4.69. The molecule has 0 aliphatic heterocycles. The largest absolute Gasteiger partial charge is 0.471 e. The van der Waals surface area contributed by atoms with Crippen molar-refractivity contribution >= 4 is 23.2 Å². The van der Waals surface area contributed by atoms with E-state index < -0.39 is 12.1 Å². The van der Waals surface area contributed by atoms with Crippen molar-refractivity contribution < 1.29 is 18.0 Å². The quantitative estimate of drug-likeness (QED) is 0.816. The lowest BCUT2D eigenvalue weighted by Gasteiger charge is -2.16. The van der Waals surface area contributed by atoms with Gasteiger partial charge in [0.15, 0.2) is 0 Å². The monoisotopic (exact) mass is 356 g/mol. The SMILES string of the molecule is CC(NCc1cccc(NC(=O)C(F)(F)F)c1)c1ccccc1Cl. The minimum atomic E-state index is -4.91. The molecule has 0 radical (unpaired) electrons. The minimum absolute atomic E-state index is 0.0351. The van der Waals surface area contributed by atoms with E-state index in [4.69, 9.17) is 11.6 Å². The van der Waals surface area contributed by atoms with Gasteiger partial charge in [-0.05, 0) is 36.2 Å². The lowest BCUT2D eigenvalue weighted by Crippen LogP contribution is -2.30. The molecule has 2 rings (SSSR count). The molecule has 7 heteroatoms. The second-order valence-corrected chi connectivity index (χ2v) is 5.68. The van der Waals surface area contributed by atoms with E-state index in [2.05, 4.69) is 5.32 Å². The topological polar surface area (TPSA) is 41.1 Å². The van der Waals surface area contributed by atoms with Gasteiger partial charge in [-0.2, -0.15) is 13.2 Å². The summed E-state index contributed by atoms with van der Waals surface area (Å²) in [5.74, 6) is -1.99. The molecule has 128 valence electrons. The van der Waals surface area contributed by atoms with Crippen molar-refractivity contribution in [3.8, 4) is 0 Å². The highest BCUT2D eigenvalue weighted by Crippen LogP contribution is 2.23. The highest BCUT2D eigenvalue weighted by atomic mass is 35.5. The van der Waals surface area contributed by atoms with Crippen LogP contribution in [0.5, 0.6) is 0 Å². The van der Waals surface area contributed by atoms with Crippen LogP contribution >= 0.6 is 11.6 Å². The molecule has 1 atom stereocenters. The second-order valence-electron chi connectivity index (χ2n) is 5.28. The summed E-state index contributed by atoms with van der Waals surface area (Å²) in [5, 5.41) is 5.73. The van der Waals surface area contributed by atoms with Crippen molar-refractivity contribution in [3.63, 3.8) is 0 Å². The molecule has 0 spiro atoms. The third-order valence-corrected chi connectivity index (χ3v) is 3.77. The van der Waals surface area contributed by atoms with Crippen LogP contribution in [0, 0.1) is 0 Å². The smallest absolute Gasteiger partial charge is 0.318 e. The van der Waals surface area contributed by atoms with Crippen LogP contribution in [0.1, 0.15) is 24.1 Å². The van der Waals surface area contributed by atoms with Crippen LogP contribution in [0.2, 0.25) is 5.02 Å². The second kappa shape index (κ2) is 7.68. The van der Waals surface area contributed by atoms with Gasteiger partial charge >= 0.3 is 12.1 Å². The van der Waals surface area contributed by atoms with Crippen LogP contribution in [-0.4, -0.2) is 12.1 Å². The molecule has 0 fully saturated rings. The normalized spacial score (nSPS) is 12.7. The molecule has 0 bridgehead atoms. The summed E-state index contributed by atoms with van der Waals surface area (Å²) in [6.07, 6.45) is -4.91. The zero-order valence-corrected chi connectivity index (χ0v) is 13.6. The first kappa shape index (κ1) is 18.3. The molecule has 2 N–H and O–H groups in total. The Bertz CT molecular complexity index is 719. The Balaban J connectivity index is 2.00. The van der Waals surface area contributed by atoms with Gasteiger partial charge in [0.2, 0.25) is 0 Å². The Morgan fingerprint density at radius 1 is 1.17 bits per heavy atom. The van der Waals surface area contributed by atoms with Crippen LogP contribution in [0.3, 0.4) is 0 Å². The van der Waals surface area contributed by atoms with Crippen LogP contribution in [-0.2, 0) is 11.3 Å². The van der Waals surface area contributed by atoms with Gasteiger partial charge in [0.25, 0.3) is 0 Å². The Morgan fingerprint density at radius 2 is 1.88 bits per heavy atom. The zero-order chi connectivity index (χ0) is 17.7. The Morgan fingerprint density at radius 3 is 2.54 bits per heavy atom. The van der Waals surface area contributed by atoms with Gasteiger partial charge in [0.05, 0.1) is 0 Å². The molecule has 2 aromatic carbocycles. The Kier molecular flexibility index (Phi) is 5.85. The summed E-state index contributed by atoms with van der Waals surface area (Å²) in [7, 11) is 0. The van der Waals surface area contributed by atoms with Gasteiger partial charge in [0, 0.05) is 23.3 Å². The molecular formula is C17H16ClF3N2O. The third-order valence-electron chi connectivity index (χ3n) is 3.43. The maximum atomic E-state index is 12.3. The van der Waals surface area contributed by atoms with Gasteiger partial charge in [-0.25, -0.2) is 0 Å². The molecule has 0 aromatic heterocycles. The zero-order valence-electron chi connectivity index (χ0n) is 12.8. The number of amides is 1. The number of alkyl halides is 3. The van der Waals surface area contributed by atoms with E-state index in [9.17, 15) is 18.0 Å². The lowest BCUT2D eigenvalue weighted by molar-refractivity contribution is -0.167. The van der Waals surface area contributed by atoms with E-state index in [0.29, 0.717) is 11.6 Å². The number of hydrogen-bond acceptors (Lipinski definition) is 2. The van der Waals surface area contributed by atoms with Crippen molar-refractivity contribution in [2.75, 3.05) is 5.32 Å². The fourth-order valence-corrected chi connectivity index (χ4v) is 2.47. The summed E-state index contributed by atoms with van der Waals surface area (Å²) in [5.41, 5.74) is 1.77. The van der Waals surface area contributed by atoms with E-state index in [0.717, 1.165) is 11.1 Å². The average molecular weight is 357 g/mol.